The van der Waals surface area contributed by atoms with E-state index in [9.17, 15) is 4.79 Å². The van der Waals surface area contributed by atoms with Crippen LogP contribution in [-0.2, 0) is 4.74 Å². The van der Waals surface area contributed by atoms with Crippen LogP contribution in [0.5, 0.6) is 5.75 Å². The molecular weight excluding hydrogens is 396 g/mol. The fourth-order valence-corrected chi connectivity index (χ4v) is 3.75. The molecule has 1 saturated heterocycles. The molecule has 0 radical (unpaired) electrons. The molecule has 3 aromatic rings. The van der Waals surface area contributed by atoms with Gasteiger partial charge >= 0.3 is 6.09 Å². The fourth-order valence-electron chi connectivity index (χ4n) is 3.75. The maximum absolute atomic E-state index is 12.5. The Labute approximate surface area is 181 Å². The van der Waals surface area contributed by atoms with Gasteiger partial charge in [0, 0.05) is 37.2 Å². The first-order valence-electron chi connectivity index (χ1n) is 10.4. The molecule has 0 spiro atoms. The molecule has 0 aliphatic carbocycles. The van der Waals surface area contributed by atoms with Crippen molar-refractivity contribution in [2.75, 3.05) is 25.5 Å². The van der Waals surface area contributed by atoms with E-state index in [4.69, 9.17) is 14.5 Å². The van der Waals surface area contributed by atoms with Gasteiger partial charge in [-0.2, -0.15) is 5.10 Å². The lowest BCUT2D eigenvalue weighted by Crippen LogP contribution is -2.42. The van der Waals surface area contributed by atoms with Gasteiger partial charge in [0.05, 0.1) is 24.9 Å². The van der Waals surface area contributed by atoms with E-state index < -0.39 is 5.60 Å². The van der Waals surface area contributed by atoms with Crippen LogP contribution in [0.1, 0.15) is 33.6 Å². The molecule has 1 N–H and O–H groups in total. The van der Waals surface area contributed by atoms with Crippen LogP contribution in [-0.4, -0.2) is 62.4 Å². The van der Waals surface area contributed by atoms with Gasteiger partial charge in [0.15, 0.2) is 5.65 Å². The van der Waals surface area contributed by atoms with Gasteiger partial charge in [-0.3, -0.25) is 4.98 Å². The van der Waals surface area contributed by atoms with E-state index in [0.29, 0.717) is 30.3 Å². The Morgan fingerprint density at radius 2 is 2.10 bits per heavy atom. The Morgan fingerprint density at radius 1 is 1.26 bits per heavy atom. The smallest absolute Gasteiger partial charge is 0.410 e. The number of fused-ring (bicyclic) bond motifs is 1. The molecule has 0 bridgehead atoms. The van der Waals surface area contributed by atoms with Crippen molar-refractivity contribution in [1.29, 1.82) is 0 Å². The molecule has 9 heteroatoms. The second kappa shape index (κ2) is 8.41. The lowest BCUT2D eigenvalue weighted by molar-refractivity contribution is 0.0235. The highest BCUT2D eigenvalue weighted by Crippen LogP contribution is 2.31. The molecule has 3 aromatic heterocycles. The number of nitrogens with zero attached hydrogens (tertiary/aromatic N) is 5. The van der Waals surface area contributed by atoms with Crippen LogP contribution in [0.3, 0.4) is 0 Å². The van der Waals surface area contributed by atoms with Crippen molar-refractivity contribution in [3.63, 3.8) is 0 Å². The topological polar surface area (TPSA) is 93.9 Å². The normalized spacial score (nSPS) is 16.5. The zero-order chi connectivity index (χ0) is 22.0. The molecule has 0 aromatic carbocycles. The first-order valence-corrected chi connectivity index (χ1v) is 10.4. The van der Waals surface area contributed by atoms with Gasteiger partial charge in [0.2, 0.25) is 0 Å². The third kappa shape index (κ3) is 4.55. The third-order valence-electron chi connectivity index (χ3n) is 5.18. The van der Waals surface area contributed by atoms with Gasteiger partial charge in [-0.1, -0.05) is 0 Å². The molecule has 1 aliphatic heterocycles. The van der Waals surface area contributed by atoms with Crippen LogP contribution in [0.2, 0.25) is 0 Å². The first kappa shape index (κ1) is 20.9. The summed E-state index contributed by atoms with van der Waals surface area (Å²) < 4.78 is 12.7. The van der Waals surface area contributed by atoms with Gasteiger partial charge in [0.25, 0.3) is 0 Å². The summed E-state index contributed by atoms with van der Waals surface area (Å²) in [7, 11) is 1.63. The second-order valence-electron chi connectivity index (χ2n) is 8.57. The number of ether oxygens (including phenoxy) is 2. The Hall–Kier alpha value is -3.36. The van der Waals surface area contributed by atoms with Crippen LogP contribution in [0.15, 0.2) is 36.9 Å². The summed E-state index contributed by atoms with van der Waals surface area (Å²) in [6, 6.07) is 3.75. The zero-order valence-electron chi connectivity index (χ0n) is 18.3. The molecule has 1 fully saturated rings. The first-order chi connectivity index (χ1) is 14.9. The number of carbonyl (C=O) groups excluding carboxylic acids is 1. The Balaban J connectivity index is 1.51. The van der Waals surface area contributed by atoms with E-state index in [1.54, 1.807) is 30.2 Å². The maximum Gasteiger partial charge on any atom is 0.410 e. The largest absolute Gasteiger partial charge is 0.496 e. The quantitative estimate of drug-likeness (QED) is 0.669. The average molecular weight is 425 g/mol. The molecule has 4 rings (SSSR count). The molecule has 1 atom stereocenters. The zero-order valence-corrected chi connectivity index (χ0v) is 18.3. The van der Waals surface area contributed by atoms with E-state index >= 15 is 0 Å². The van der Waals surface area contributed by atoms with Crippen molar-refractivity contribution in [3.05, 3.63) is 36.9 Å². The number of methoxy groups -OCH3 is 1. The van der Waals surface area contributed by atoms with E-state index in [-0.39, 0.29) is 12.1 Å². The molecule has 164 valence electrons. The van der Waals surface area contributed by atoms with Crippen molar-refractivity contribution < 1.29 is 14.3 Å². The molecular formula is C22H28N6O3. The lowest BCUT2D eigenvalue weighted by Gasteiger charge is -2.28. The Morgan fingerprint density at radius 3 is 2.87 bits per heavy atom. The Bertz CT molecular complexity index is 1070. The summed E-state index contributed by atoms with van der Waals surface area (Å²) in [5.74, 6) is 1.43. The number of amides is 1. The highest BCUT2D eigenvalue weighted by atomic mass is 16.6. The number of likely N-dealkylation sites (tertiary alicyclic amines) is 1. The summed E-state index contributed by atoms with van der Waals surface area (Å²) in [6.07, 6.45) is 8.68. The Kier molecular flexibility index (Phi) is 5.67. The highest BCUT2D eigenvalue weighted by Gasteiger charge is 2.32. The van der Waals surface area contributed by atoms with Crippen LogP contribution in [0.4, 0.5) is 10.6 Å². The fraction of sp³-hybridized carbons (Fsp3) is 0.455. The molecule has 0 saturated carbocycles. The molecule has 1 aliphatic rings. The van der Waals surface area contributed by atoms with Crippen LogP contribution >= 0.6 is 0 Å². The summed E-state index contributed by atoms with van der Waals surface area (Å²) in [5, 5.41) is 7.77. The van der Waals surface area contributed by atoms with Gasteiger partial charge in [-0.05, 0) is 45.7 Å². The third-order valence-corrected chi connectivity index (χ3v) is 5.18. The number of pyridine rings is 1. The standard InChI is InChI=1S/C22H28N6O3/c1-22(2,3)31-21(29)27-10-5-6-15(27)12-24-19-8-11-28-20(26-19)17(14-25-28)16-13-23-9-7-18(16)30-4/h7-9,11,13-15H,5-6,10,12H2,1-4H3,(H,24,26). The van der Waals surface area contributed by atoms with E-state index in [1.165, 1.54) is 0 Å². The van der Waals surface area contributed by atoms with Crippen molar-refractivity contribution in [2.45, 2.75) is 45.3 Å². The summed E-state index contributed by atoms with van der Waals surface area (Å²) >= 11 is 0. The predicted molar refractivity (Wildman–Crippen MR) is 117 cm³/mol. The number of rotatable bonds is 5. The van der Waals surface area contributed by atoms with Crippen LogP contribution in [0.25, 0.3) is 16.8 Å². The van der Waals surface area contributed by atoms with Crippen molar-refractivity contribution in [2.24, 2.45) is 0 Å². The van der Waals surface area contributed by atoms with Gasteiger partial charge in [0.1, 0.15) is 17.2 Å². The number of aromatic nitrogens is 4. The molecule has 31 heavy (non-hydrogen) atoms. The lowest BCUT2D eigenvalue weighted by atomic mass is 10.1. The molecule has 1 amide bonds. The number of carbonyl (C=O) groups is 1. The van der Waals surface area contributed by atoms with E-state index in [2.05, 4.69) is 15.4 Å². The minimum Gasteiger partial charge on any atom is -0.496 e. The average Bonchev–Trinajstić information content (AvgIpc) is 3.37. The monoisotopic (exact) mass is 424 g/mol. The minimum absolute atomic E-state index is 0.0654. The summed E-state index contributed by atoms with van der Waals surface area (Å²) in [6.45, 7) is 6.96. The van der Waals surface area contributed by atoms with Crippen molar-refractivity contribution in [1.82, 2.24) is 24.5 Å². The molecule has 4 heterocycles. The van der Waals surface area contributed by atoms with Gasteiger partial charge in [-0.15, -0.1) is 0 Å². The number of anilines is 1. The maximum atomic E-state index is 12.5. The van der Waals surface area contributed by atoms with Crippen LogP contribution in [0, 0.1) is 0 Å². The SMILES string of the molecule is COc1ccncc1-c1cnn2ccc(NCC3CCCN3C(=O)OC(C)(C)C)nc12. The van der Waals surface area contributed by atoms with Crippen molar-refractivity contribution in [3.8, 4) is 16.9 Å². The minimum atomic E-state index is -0.504. The summed E-state index contributed by atoms with van der Waals surface area (Å²) in [5.41, 5.74) is 1.86. The molecule has 1 unspecified atom stereocenters. The number of hydrogen-bond donors (Lipinski definition) is 1. The highest BCUT2D eigenvalue weighted by molar-refractivity contribution is 5.81. The van der Waals surface area contributed by atoms with Gasteiger partial charge < -0.3 is 19.7 Å². The summed E-state index contributed by atoms with van der Waals surface area (Å²) in [4.78, 5) is 23.3. The number of hydrogen-bond acceptors (Lipinski definition) is 7. The number of nitrogens with one attached hydrogen (secondary N) is 1. The molecule has 9 nitrogen and oxygen atoms in total. The van der Waals surface area contributed by atoms with Gasteiger partial charge in [-0.25, -0.2) is 14.3 Å². The van der Waals surface area contributed by atoms with Crippen molar-refractivity contribution >= 4 is 17.6 Å². The predicted octanol–water partition coefficient (Wildman–Crippen LogP) is 3.61. The van der Waals surface area contributed by atoms with E-state index in [1.807, 2.05) is 44.0 Å². The van der Waals surface area contributed by atoms with Crippen LogP contribution < -0.4 is 10.1 Å². The van der Waals surface area contributed by atoms with E-state index in [0.717, 1.165) is 24.0 Å². The second-order valence-corrected chi connectivity index (χ2v) is 8.57.